The van der Waals surface area contributed by atoms with Gasteiger partial charge in [-0.1, -0.05) is 283 Å². The zero-order valence-corrected chi connectivity index (χ0v) is 58.1. The normalized spacial score (nSPS) is 11.7. The minimum absolute atomic E-state index is 0.0772. The topological polar surface area (TPSA) is 35.9 Å². The SMILES string of the molecule is Cc1cc(C)c(B(c2cc(Oc3ccc4c5ccccc5n(-c5cc(C(C)(C)C)ccn5)c4c3)cc(-n3[c-][n+](-c4c(-c5cc(-c6ccccc6)cc(-c6ccccc6)c5)cccc4-c4cc(-c5ccccc5)cc(-c5ccccc5)c4)c4ccccc43)c2)c2c(C)cc(C)cc2C)c(C)c1. The summed E-state index contributed by atoms with van der Waals surface area (Å²) in [5.74, 6) is 2.28. The number of para-hydroxylation sites is 4. The number of ether oxygens (including phenoxy) is 1. The third kappa shape index (κ3) is 11.9. The fourth-order valence-corrected chi connectivity index (χ4v) is 15.6. The Hall–Kier alpha value is -11.9. The predicted octanol–water partition coefficient (Wildman–Crippen LogP) is 21.7. The van der Waals surface area contributed by atoms with Crippen molar-refractivity contribution in [2.24, 2.45) is 0 Å². The van der Waals surface area contributed by atoms with E-state index in [-0.39, 0.29) is 12.1 Å². The fraction of sp³-hybridized carbons (Fsp3) is 0.106. The Morgan fingerprint density at radius 1 is 0.380 bits per heavy atom. The number of aryl methyl sites for hydroxylation is 6. The summed E-state index contributed by atoms with van der Waals surface area (Å²) in [5, 5.41) is 2.28. The quantitative estimate of drug-likeness (QED) is 0.0618. The van der Waals surface area contributed by atoms with E-state index in [1.165, 1.54) is 49.9 Å². The lowest BCUT2D eigenvalue weighted by atomic mass is 9.34. The minimum atomic E-state index is -0.178. The summed E-state index contributed by atoms with van der Waals surface area (Å²) in [6.45, 7) is 20.1. The van der Waals surface area contributed by atoms with Crippen molar-refractivity contribution in [3.8, 4) is 95.5 Å². The average Bonchev–Trinajstić information content (AvgIpc) is 1.45. The van der Waals surface area contributed by atoms with Crippen molar-refractivity contribution in [1.29, 1.82) is 0 Å². The molecule has 0 N–H and O–H groups in total. The smallest absolute Gasteiger partial charge is 0.269 e. The lowest BCUT2D eigenvalue weighted by Crippen LogP contribution is -2.56. The molecule has 0 unspecified atom stereocenters. The van der Waals surface area contributed by atoms with E-state index in [9.17, 15) is 0 Å². The highest BCUT2D eigenvalue weighted by Crippen LogP contribution is 2.42. The van der Waals surface area contributed by atoms with Crippen LogP contribution in [0.15, 0.2) is 303 Å². The number of nitrogens with zero attached hydrogens (tertiary/aromatic N) is 4. The molecule has 0 saturated carbocycles. The highest BCUT2D eigenvalue weighted by Gasteiger charge is 2.31. The van der Waals surface area contributed by atoms with Gasteiger partial charge < -0.3 is 4.74 Å². The summed E-state index contributed by atoms with van der Waals surface area (Å²) >= 11 is 0. The number of hydrogen-bond donors (Lipinski definition) is 0. The standard InChI is InChI=1S/C94H77BN4O/c1-61-45-63(3)91(64(4)46-61)95(92-65(5)47-62(2)48-66(92)6)78-56-79(58-81(57-78)100-80-41-42-85-84-35-22-23-38-86(84)99(89(85)59-80)90-55-77(43-44-96-90)94(7,8)9)97-60-98(88-40-25-24-39-87(88)97)93-82(75-51-71(67-27-14-10-15-28-67)49-72(52-75)68-29-16-11-17-30-68)36-26-37-83(93)76-53-73(69-31-18-12-19-32-69)50-74(54-76)70-33-20-13-21-34-70/h10-59H,1-9H3. The Balaban J connectivity index is 0.969. The van der Waals surface area contributed by atoms with Crippen molar-refractivity contribution in [3.05, 3.63) is 349 Å². The summed E-state index contributed by atoms with van der Waals surface area (Å²) in [6, 6.07) is 109. The monoisotopic (exact) mass is 1290 g/mol. The molecular weight excluding hydrogens is 1210 g/mol. The molecular formula is C94H77BN4O. The van der Waals surface area contributed by atoms with E-state index in [4.69, 9.17) is 9.72 Å². The molecule has 13 aromatic carbocycles. The van der Waals surface area contributed by atoms with Crippen LogP contribution in [-0.2, 0) is 5.41 Å². The second kappa shape index (κ2) is 25.9. The van der Waals surface area contributed by atoms with Crippen LogP contribution < -0.4 is 25.7 Å². The van der Waals surface area contributed by atoms with Gasteiger partial charge in [0.15, 0.2) is 0 Å². The number of fused-ring (bicyclic) bond motifs is 4. The zero-order valence-electron chi connectivity index (χ0n) is 58.1. The number of imidazole rings is 1. The maximum atomic E-state index is 7.52. The van der Waals surface area contributed by atoms with Gasteiger partial charge in [0.25, 0.3) is 6.33 Å². The van der Waals surface area contributed by atoms with Crippen LogP contribution in [0.25, 0.3) is 117 Å². The van der Waals surface area contributed by atoms with E-state index in [0.29, 0.717) is 11.5 Å². The fourth-order valence-electron chi connectivity index (χ4n) is 15.6. The Labute approximate surface area is 587 Å². The highest BCUT2D eigenvalue weighted by atomic mass is 16.5. The molecule has 0 radical (unpaired) electrons. The first-order chi connectivity index (χ1) is 48.6. The summed E-state index contributed by atoms with van der Waals surface area (Å²) in [5.41, 5.74) is 31.6. The molecule has 5 nitrogen and oxygen atoms in total. The summed E-state index contributed by atoms with van der Waals surface area (Å²) in [6.07, 6.45) is 6.11. The summed E-state index contributed by atoms with van der Waals surface area (Å²) in [4.78, 5) is 5.06. The van der Waals surface area contributed by atoms with Gasteiger partial charge in [-0.05, 0) is 198 Å². The molecule has 16 rings (SSSR count). The van der Waals surface area contributed by atoms with Crippen molar-refractivity contribution in [2.45, 2.75) is 67.7 Å². The molecule has 0 saturated heterocycles. The second-order valence-corrected chi connectivity index (χ2v) is 28.1. The Kier molecular flexibility index (Phi) is 16.3. The first-order valence-electron chi connectivity index (χ1n) is 34.8. The Morgan fingerprint density at radius 3 is 1.35 bits per heavy atom. The molecule has 16 aromatic rings. The number of hydrogen-bond acceptors (Lipinski definition) is 2. The maximum absolute atomic E-state index is 7.52. The van der Waals surface area contributed by atoms with Gasteiger partial charge in [-0.2, -0.15) is 0 Å². The van der Waals surface area contributed by atoms with Gasteiger partial charge in [0.05, 0.1) is 33.4 Å². The molecule has 0 bridgehead atoms. The number of rotatable bonds is 14. The molecule has 0 aliphatic rings. The van der Waals surface area contributed by atoms with Crippen LogP contribution in [0, 0.1) is 47.9 Å². The lowest BCUT2D eigenvalue weighted by molar-refractivity contribution is -0.571. The van der Waals surface area contributed by atoms with Crippen molar-refractivity contribution in [1.82, 2.24) is 14.1 Å². The van der Waals surface area contributed by atoms with Gasteiger partial charge in [0.2, 0.25) is 6.71 Å². The first-order valence-corrected chi connectivity index (χ1v) is 34.8. The third-order valence-corrected chi connectivity index (χ3v) is 20.0. The van der Waals surface area contributed by atoms with E-state index < -0.39 is 0 Å². The van der Waals surface area contributed by atoms with Crippen LogP contribution >= 0.6 is 0 Å². The zero-order chi connectivity index (χ0) is 68.3. The van der Waals surface area contributed by atoms with E-state index in [2.05, 4.69) is 380 Å². The van der Waals surface area contributed by atoms with E-state index in [0.717, 1.165) is 122 Å². The molecule has 3 aromatic heterocycles. The predicted molar refractivity (Wildman–Crippen MR) is 420 cm³/mol. The molecule has 0 aliphatic carbocycles. The van der Waals surface area contributed by atoms with Crippen molar-refractivity contribution >= 4 is 55.9 Å². The van der Waals surface area contributed by atoms with Crippen LogP contribution in [-0.4, -0.2) is 20.8 Å². The highest BCUT2D eigenvalue weighted by molar-refractivity contribution is 6.96. The summed E-state index contributed by atoms with van der Waals surface area (Å²) in [7, 11) is 0. The number of pyridine rings is 1. The van der Waals surface area contributed by atoms with Crippen LogP contribution in [0.1, 0.15) is 59.7 Å². The second-order valence-electron chi connectivity index (χ2n) is 28.1. The van der Waals surface area contributed by atoms with Gasteiger partial charge in [0.1, 0.15) is 17.3 Å². The average molecular weight is 1290 g/mol. The lowest BCUT2D eigenvalue weighted by Gasteiger charge is -2.25. The molecule has 6 heteroatoms. The van der Waals surface area contributed by atoms with Crippen molar-refractivity contribution in [3.63, 3.8) is 0 Å². The van der Waals surface area contributed by atoms with Crippen LogP contribution in [0.3, 0.4) is 0 Å². The molecule has 0 spiro atoms. The van der Waals surface area contributed by atoms with Gasteiger partial charge >= 0.3 is 0 Å². The summed E-state index contributed by atoms with van der Waals surface area (Å²) < 4.78 is 14.4. The van der Waals surface area contributed by atoms with Gasteiger partial charge in [-0.3, -0.25) is 13.7 Å². The van der Waals surface area contributed by atoms with Crippen LogP contribution in [0.4, 0.5) is 0 Å². The largest absolute Gasteiger partial charge is 0.458 e. The van der Waals surface area contributed by atoms with Gasteiger partial charge in [0, 0.05) is 23.0 Å². The van der Waals surface area contributed by atoms with E-state index >= 15 is 0 Å². The molecule has 482 valence electrons. The molecule has 3 heterocycles. The number of benzene rings is 13. The molecule has 0 aliphatic heterocycles. The Bertz CT molecular complexity index is 5440. The molecule has 100 heavy (non-hydrogen) atoms. The first kappa shape index (κ1) is 62.9. The maximum Gasteiger partial charge on any atom is 0.269 e. The van der Waals surface area contributed by atoms with Crippen LogP contribution in [0.5, 0.6) is 11.5 Å². The molecule has 0 amide bonds. The molecule has 0 fully saturated rings. The number of aromatic nitrogens is 4. The van der Waals surface area contributed by atoms with Gasteiger partial charge in [-0.15, -0.1) is 0 Å². The molecule has 0 atom stereocenters. The Morgan fingerprint density at radius 2 is 0.840 bits per heavy atom. The minimum Gasteiger partial charge on any atom is -0.458 e. The van der Waals surface area contributed by atoms with Gasteiger partial charge in [-0.25, -0.2) is 4.98 Å². The van der Waals surface area contributed by atoms with Crippen LogP contribution in [0.2, 0.25) is 0 Å². The van der Waals surface area contributed by atoms with E-state index in [1.807, 2.05) is 6.20 Å². The van der Waals surface area contributed by atoms with Crippen molar-refractivity contribution in [2.75, 3.05) is 0 Å². The van der Waals surface area contributed by atoms with E-state index in [1.54, 1.807) is 0 Å². The van der Waals surface area contributed by atoms with Crippen molar-refractivity contribution < 1.29 is 9.30 Å². The third-order valence-electron chi connectivity index (χ3n) is 20.0.